The average molecular weight is 216 g/mol. The van der Waals surface area contributed by atoms with Crippen LogP contribution in [0.3, 0.4) is 0 Å². The van der Waals surface area contributed by atoms with Gasteiger partial charge >= 0.3 is 5.97 Å². The van der Waals surface area contributed by atoms with Crippen LogP contribution in [-0.4, -0.2) is 22.9 Å². The molecule has 80 valence electrons. The first-order valence-electron chi connectivity index (χ1n) is 4.64. The van der Waals surface area contributed by atoms with Crippen LogP contribution in [0, 0.1) is 6.57 Å². The Kier molecular flexibility index (Phi) is 2.56. The van der Waals surface area contributed by atoms with Gasteiger partial charge in [-0.1, -0.05) is 29.4 Å². The Labute approximate surface area is 91.8 Å². The van der Waals surface area contributed by atoms with E-state index in [1.54, 1.807) is 24.3 Å². The van der Waals surface area contributed by atoms with Gasteiger partial charge in [0.1, 0.15) is 0 Å². The molecule has 0 saturated carbocycles. The quantitative estimate of drug-likeness (QED) is 0.767. The van der Waals surface area contributed by atoms with Crippen LogP contribution >= 0.6 is 0 Å². The molecule has 0 amide bonds. The number of benzene rings is 1. The van der Waals surface area contributed by atoms with E-state index < -0.39 is 12.1 Å². The molecular formula is C11H8N2O3. The first-order chi connectivity index (χ1) is 7.70. The van der Waals surface area contributed by atoms with Crippen molar-refractivity contribution in [2.45, 2.75) is 12.5 Å². The van der Waals surface area contributed by atoms with Crippen LogP contribution in [-0.2, 0) is 9.63 Å². The molecule has 0 bridgehead atoms. The molecule has 1 aromatic rings. The van der Waals surface area contributed by atoms with Crippen molar-refractivity contribution < 1.29 is 14.7 Å². The van der Waals surface area contributed by atoms with E-state index in [2.05, 4.69) is 10.0 Å². The van der Waals surface area contributed by atoms with Crippen LogP contribution < -0.4 is 0 Å². The summed E-state index contributed by atoms with van der Waals surface area (Å²) in [6.07, 6.45) is -0.636. The fourth-order valence-corrected chi connectivity index (χ4v) is 1.41. The molecule has 0 fully saturated rings. The number of nitrogens with zero attached hydrogens (tertiary/aromatic N) is 2. The zero-order chi connectivity index (χ0) is 11.5. The number of aliphatic carboxylic acids is 1. The summed E-state index contributed by atoms with van der Waals surface area (Å²) in [4.78, 5) is 18.7. The number of carboxylic acid groups (broad SMARTS) is 1. The number of hydrogen-bond acceptors (Lipinski definition) is 3. The van der Waals surface area contributed by atoms with Crippen LogP contribution in [0.4, 0.5) is 5.69 Å². The highest BCUT2D eigenvalue weighted by atomic mass is 16.7. The van der Waals surface area contributed by atoms with E-state index in [1.807, 2.05) is 0 Å². The third-order valence-electron chi connectivity index (χ3n) is 2.27. The molecule has 0 aromatic heterocycles. The molecule has 1 aromatic carbocycles. The second-order valence-electron chi connectivity index (χ2n) is 3.33. The largest absolute Gasteiger partial charge is 0.478 e. The lowest BCUT2D eigenvalue weighted by Gasteiger charge is -2.00. The monoisotopic (exact) mass is 216 g/mol. The van der Waals surface area contributed by atoms with E-state index in [0.29, 0.717) is 11.4 Å². The van der Waals surface area contributed by atoms with Crippen LogP contribution in [0.25, 0.3) is 4.85 Å². The highest BCUT2D eigenvalue weighted by Gasteiger charge is 2.28. The molecule has 5 nitrogen and oxygen atoms in total. The minimum Gasteiger partial charge on any atom is -0.478 e. The Morgan fingerprint density at radius 3 is 2.69 bits per heavy atom. The average Bonchev–Trinajstić information content (AvgIpc) is 2.78. The van der Waals surface area contributed by atoms with Crippen molar-refractivity contribution in [3.05, 3.63) is 41.2 Å². The maximum absolute atomic E-state index is 10.6. The molecule has 0 radical (unpaired) electrons. The summed E-state index contributed by atoms with van der Waals surface area (Å²) in [5, 5.41) is 12.4. The fraction of sp³-hybridized carbons (Fsp3) is 0.182. The molecule has 1 N–H and O–H groups in total. The minimum atomic E-state index is -1.02. The van der Waals surface area contributed by atoms with E-state index >= 15 is 0 Å². The lowest BCUT2D eigenvalue weighted by Crippen LogP contribution is -2.19. The normalized spacial score (nSPS) is 18.4. The van der Waals surface area contributed by atoms with Crippen molar-refractivity contribution in [1.29, 1.82) is 0 Å². The van der Waals surface area contributed by atoms with Crippen molar-refractivity contribution >= 4 is 17.4 Å². The molecule has 0 saturated heterocycles. The number of carbonyl (C=O) groups is 1. The van der Waals surface area contributed by atoms with Gasteiger partial charge in [0.2, 0.25) is 6.10 Å². The van der Waals surface area contributed by atoms with Crippen molar-refractivity contribution in [2.75, 3.05) is 0 Å². The molecule has 5 heteroatoms. The molecule has 0 aliphatic carbocycles. The van der Waals surface area contributed by atoms with Gasteiger partial charge in [0, 0.05) is 6.42 Å². The standard InChI is InChI=1S/C11H8N2O3/c1-12-8-4-2-7(3-5-8)9-6-10(11(14)15)16-13-9/h2-5,10H,6H2,(H,14,15). The van der Waals surface area contributed by atoms with E-state index in [4.69, 9.17) is 16.5 Å². The van der Waals surface area contributed by atoms with Crippen molar-refractivity contribution in [1.82, 2.24) is 0 Å². The maximum atomic E-state index is 10.6. The van der Waals surface area contributed by atoms with E-state index in [9.17, 15) is 4.79 Å². The third kappa shape index (κ3) is 1.86. The second-order valence-corrected chi connectivity index (χ2v) is 3.33. The number of oxime groups is 1. The Bertz CT molecular complexity index is 485. The zero-order valence-corrected chi connectivity index (χ0v) is 8.25. The Morgan fingerprint density at radius 2 is 2.19 bits per heavy atom. The van der Waals surface area contributed by atoms with Gasteiger partial charge in [-0.2, -0.15) is 0 Å². The predicted molar refractivity (Wildman–Crippen MR) is 56.4 cm³/mol. The van der Waals surface area contributed by atoms with Gasteiger partial charge in [-0.15, -0.1) is 0 Å². The minimum absolute atomic E-state index is 0.257. The molecule has 1 atom stereocenters. The lowest BCUT2D eigenvalue weighted by atomic mass is 10.0. The van der Waals surface area contributed by atoms with Crippen molar-refractivity contribution in [2.24, 2.45) is 5.16 Å². The van der Waals surface area contributed by atoms with Crippen LogP contribution in [0.2, 0.25) is 0 Å². The lowest BCUT2D eigenvalue weighted by molar-refractivity contribution is -0.148. The van der Waals surface area contributed by atoms with Gasteiger partial charge in [0.25, 0.3) is 0 Å². The van der Waals surface area contributed by atoms with Gasteiger partial charge in [-0.3, -0.25) is 0 Å². The van der Waals surface area contributed by atoms with Crippen LogP contribution in [0.15, 0.2) is 29.4 Å². The smallest absolute Gasteiger partial charge is 0.348 e. The van der Waals surface area contributed by atoms with Gasteiger partial charge in [0.15, 0.2) is 5.69 Å². The summed E-state index contributed by atoms with van der Waals surface area (Å²) in [6, 6.07) is 6.80. The first kappa shape index (κ1) is 10.2. The Morgan fingerprint density at radius 1 is 1.50 bits per heavy atom. The van der Waals surface area contributed by atoms with Gasteiger partial charge in [-0.25, -0.2) is 9.64 Å². The number of rotatable bonds is 2. The van der Waals surface area contributed by atoms with Gasteiger partial charge < -0.3 is 9.94 Å². The van der Waals surface area contributed by atoms with Gasteiger partial charge in [0.05, 0.1) is 12.3 Å². The number of carboxylic acids is 1. The summed E-state index contributed by atoms with van der Waals surface area (Å²) in [6.45, 7) is 6.80. The summed E-state index contributed by atoms with van der Waals surface area (Å²) in [7, 11) is 0. The molecule has 16 heavy (non-hydrogen) atoms. The predicted octanol–water partition coefficient (Wildman–Crippen LogP) is 1.81. The van der Waals surface area contributed by atoms with E-state index in [-0.39, 0.29) is 6.42 Å². The topological polar surface area (TPSA) is 63.2 Å². The maximum Gasteiger partial charge on any atom is 0.348 e. The van der Waals surface area contributed by atoms with Crippen LogP contribution in [0.1, 0.15) is 12.0 Å². The summed E-state index contributed by atoms with van der Waals surface area (Å²) in [5.74, 6) is -1.02. The molecule has 1 aliphatic heterocycles. The second kappa shape index (κ2) is 4.03. The third-order valence-corrected chi connectivity index (χ3v) is 2.27. The summed E-state index contributed by atoms with van der Waals surface area (Å²) < 4.78 is 0. The summed E-state index contributed by atoms with van der Waals surface area (Å²) in [5.41, 5.74) is 1.93. The Hall–Kier alpha value is -2.35. The van der Waals surface area contributed by atoms with Crippen molar-refractivity contribution in [3.8, 4) is 0 Å². The first-order valence-corrected chi connectivity index (χ1v) is 4.64. The highest BCUT2D eigenvalue weighted by Crippen LogP contribution is 2.19. The van der Waals surface area contributed by atoms with Crippen molar-refractivity contribution in [3.63, 3.8) is 0 Å². The SMILES string of the molecule is [C-]#[N+]c1ccc(C2=NOC(C(=O)O)C2)cc1. The molecule has 0 spiro atoms. The molecule has 1 aliphatic rings. The molecular weight excluding hydrogens is 208 g/mol. The molecule has 1 heterocycles. The van der Waals surface area contributed by atoms with E-state index in [1.165, 1.54) is 0 Å². The molecule has 2 rings (SSSR count). The zero-order valence-electron chi connectivity index (χ0n) is 8.25. The fourth-order valence-electron chi connectivity index (χ4n) is 1.41. The molecule has 1 unspecified atom stereocenters. The Balaban J connectivity index is 2.15. The van der Waals surface area contributed by atoms with Crippen LogP contribution in [0.5, 0.6) is 0 Å². The number of hydrogen-bond donors (Lipinski definition) is 1. The van der Waals surface area contributed by atoms with Gasteiger partial charge in [-0.05, 0) is 5.56 Å². The van der Waals surface area contributed by atoms with E-state index in [0.717, 1.165) is 5.56 Å². The highest BCUT2D eigenvalue weighted by molar-refractivity contribution is 6.03. The summed E-state index contributed by atoms with van der Waals surface area (Å²) >= 11 is 0.